The number of aromatic carboxylic acids is 1. The van der Waals surface area contributed by atoms with Gasteiger partial charge in [-0.2, -0.15) is 0 Å². The molecular formula is C23H28N2O7S2. The van der Waals surface area contributed by atoms with Gasteiger partial charge in [0.1, 0.15) is 17.3 Å². The molecule has 0 radical (unpaired) electrons. The summed E-state index contributed by atoms with van der Waals surface area (Å²) in [5.74, 6) is -1.22. The van der Waals surface area contributed by atoms with Crippen LogP contribution in [0.5, 0.6) is 0 Å². The molecule has 4 rings (SSSR count). The Hall–Kier alpha value is -2.47. The van der Waals surface area contributed by atoms with Gasteiger partial charge in [-0.25, -0.2) is 13.2 Å². The normalized spacial score (nSPS) is 20.4. The van der Waals surface area contributed by atoms with Gasteiger partial charge < -0.3 is 25.2 Å². The highest BCUT2D eigenvalue weighted by Gasteiger charge is 2.32. The highest BCUT2D eigenvalue weighted by molar-refractivity contribution is 7.90. The van der Waals surface area contributed by atoms with E-state index in [0.29, 0.717) is 30.2 Å². The maximum absolute atomic E-state index is 12.5. The van der Waals surface area contributed by atoms with E-state index in [1.165, 1.54) is 23.5 Å². The van der Waals surface area contributed by atoms with Crippen LogP contribution in [0.3, 0.4) is 0 Å². The maximum Gasteiger partial charge on any atom is 0.338 e. The Morgan fingerprint density at radius 3 is 2.56 bits per heavy atom. The van der Waals surface area contributed by atoms with Gasteiger partial charge in [-0.15, -0.1) is 11.3 Å². The summed E-state index contributed by atoms with van der Waals surface area (Å²) in [6.07, 6.45) is 3.94. The lowest BCUT2D eigenvalue weighted by Gasteiger charge is -2.24. The summed E-state index contributed by atoms with van der Waals surface area (Å²) in [5.41, 5.74) is 1.70. The van der Waals surface area contributed by atoms with Crippen molar-refractivity contribution in [3.8, 4) is 0 Å². The molecule has 0 spiro atoms. The number of fused-ring (bicyclic) bond motifs is 1. The molecule has 0 bridgehead atoms. The number of amides is 1. The number of nitrogens with one attached hydrogen (secondary N) is 2. The van der Waals surface area contributed by atoms with E-state index in [0.717, 1.165) is 36.0 Å². The number of ether oxygens (including phenoxy) is 2. The van der Waals surface area contributed by atoms with E-state index in [9.17, 15) is 23.1 Å². The van der Waals surface area contributed by atoms with E-state index in [4.69, 9.17) is 9.47 Å². The highest BCUT2D eigenvalue weighted by atomic mass is 32.2. The van der Waals surface area contributed by atoms with Crippen LogP contribution in [0, 0.1) is 0 Å². The van der Waals surface area contributed by atoms with Crippen LogP contribution >= 0.6 is 11.3 Å². The Morgan fingerprint density at radius 2 is 1.91 bits per heavy atom. The predicted octanol–water partition coefficient (Wildman–Crippen LogP) is 2.76. The maximum atomic E-state index is 12.5. The van der Waals surface area contributed by atoms with Crippen molar-refractivity contribution in [2.75, 3.05) is 31.3 Å². The quantitative estimate of drug-likeness (QED) is 0.496. The Bertz CT molecular complexity index is 1150. The minimum absolute atomic E-state index is 0.0975. The van der Waals surface area contributed by atoms with Gasteiger partial charge in [0, 0.05) is 24.3 Å². The first-order chi connectivity index (χ1) is 16.2. The largest absolute Gasteiger partial charge is 0.478 e. The van der Waals surface area contributed by atoms with Crippen LogP contribution in [0.2, 0.25) is 0 Å². The fourth-order valence-electron chi connectivity index (χ4n) is 4.16. The third kappa shape index (κ3) is 5.77. The predicted molar refractivity (Wildman–Crippen MR) is 127 cm³/mol. The van der Waals surface area contributed by atoms with Crippen LogP contribution in [-0.2, 0) is 36.9 Å². The molecule has 1 saturated heterocycles. The number of carbonyl (C=O) groups is 2. The second kappa shape index (κ2) is 10.4. The van der Waals surface area contributed by atoms with Crippen molar-refractivity contribution in [3.63, 3.8) is 0 Å². The molecule has 0 aliphatic carbocycles. The SMILES string of the molecule is CS(=O)(=O)c1ccc(CC(=O)NCC2OCCc3c2sc(NC2CCCCO2)c3C(=O)O)cc1. The molecule has 1 amide bonds. The molecule has 11 heteroatoms. The second-order valence-electron chi connectivity index (χ2n) is 8.46. The zero-order valence-corrected chi connectivity index (χ0v) is 20.5. The number of thiophene rings is 1. The number of carbonyl (C=O) groups excluding carboxylic acids is 1. The number of sulfone groups is 1. The van der Waals surface area contributed by atoms with Crippen LogP contribution in [0.1, 0.15) is 51.7 Å². The summed E-state index contributed by atoms with van der Waals surface area (Å²) in [5, 5.41) is 16.5. The molecule has 34 heavy (non-hydrogen) atoms. The molecule has 1 aromatic heterocycles. The van der Waals surface area contributed by atoms with Gasteiger partial charge in [-0.05, 0) is 48.9 Å². The lowest BCUT2D eigenvalue weighted by molar-refractivity contribution is -0.121. The van der Waals surface area contributed by atoms with E-state index in [2.05, 4.69) is 10.6 Å². The van der Waals surface area contributed by atoms with Crippen LogP contribution in [0.25, 0.3) is 0 Å². The van der Waals surface area contributed by atoms with Gasteiger partial charge in [0.05, 0.1) is 23.5 Å². The zero-order valence-electron chi connectivity index (χ0n) is 18.8. The Balaban J connectivity index is 1.42. The lowest BCUT2D eigenvalue weighted by Crippen LogP contribution is -2.32. The number of rotatable bonds is 8. The summed E-state index contributed by atoms with van der Waals surface area (Å²) >= 11 is 1.35. The minimum Gasteiger partial charge on any atom is -0.478 e. The zero-order chi connectivity index (χ0) is 24.3. The van der Waals surface area contributed by atoms with Crippen molar-refractivity contribution in [2.45, 2.75) is 49.3 Å². The average molecular weight is 509 g/mol. The van der Waals surface area contributed by atoms with Gasteiger partial charge in [-0.1, -0.05) is 12.1 Å². The minimum atomic E-state index is -3.29. The molecule has 2 aromatic rings. The van der Waals surface area contributed by atoms with Crippen molar-refractivity contribution in [1.82, 2.24) is 5.32 Å². The number of anilines is 1. The van der Waals surface area contributed by atoms with Crippen LogP contribution in [-0.4, -0.2) is 57.6 Å². The van der Waals surface area contributed by atoms with Crippen LogP contribution in [0.15, 0.2) is 29.2 Å². The summed E-state index contributed by atoms with van der Waals surface area (Å²) < 4.78 is 34.8. The van der Waals surface area contributed by atoms with E-state index in [-0.39, 0.29) is 35.6 Å². The molecule has 1 aromatic carbocycles. The molecule has 2 atom stereocenters. The first-order valence-electron chi connectivity index (χ1n) is 11.2. The lowest BCUT2D eigenvalue weighted by atomic mass is 10.0. The number of hydrogen-bond acceptors (Lipinski definition) is 8. The molecule has 3 heterocycles. The van der Waals surface area contributed by atoms with Gasteiger partial charge in [-0.3, -0.25) is 4.79 Å². The van der Waals surface area contributed by atoms with E-state index >= 15 is 0 Å². The van der Waals surface area contributed by atoms with Crippen LogP contribution < -0.4 is 10.6 Å². The number of hydrogen-bond donors (Lipinski definition) is 3. The summed E-state index contributed by atoms with van der Waals surface area (Å²) in [4.78, 5) is 25.5. The van der Waals surface area contributed by atoms with Gasteiger partial charge >= 0.3 is 5.97 Å². The molecule has 3 N–H and O–H groups in total. The van der Waals surface area contributed by atoms with Crippen molar-refractivity contribution in [1.29, 1.82) is 0 Å². The summed E-state index contributed by atoms with van der Waals surface area (Å²) in [7, 11) is -3.29. The van der Waals surface area contributed by atoms with Gasteiger partial charge in [0.15, 0.2) is 9.84 Å². The third-order valence-corrected chi connectivity index (χ3v) is 8.27. The van der Waals surface area contributed by atoms with E-state index in [1.807, 2.05) is 0 Å². The second-order valence-corrected chi connectivity index (χ2v) is 11.5. The van der Waals surface area contributed by atoms with Crippen LogP contribution in [0.4, 0.5) is 5.00 Å². The monoisotopic (exact) mass is 508 g/mol. The Morgan fingerprint density at radius 1 is 1.15 bits per heavy atom. The van der Waals surface area contributed by atoms with Crippen molar-refractivity contribution in [3.05, 3.63) is 45.8 Å². The molecule has 2 aliphatic heterocycles. The highest BCUT2D eigenvalue weighted by Crippen LogP contribution is 2.42. The topological polar surface area (TPSA) is 131 Å². The molecule has 1 fully saturated rings. The fraction of sp³-hybridized carbons (Fsp3) is 0.478. The van der Waals surface area contributed by atoms with Gasteiger partial charge in [0.2, 0.25) is 5.91 Å². The average Bonchev–Trinajstić information content (AvgIpc) is 3.17. The molecular weight excluding hydrogens is 480 g/mol. The summed E-state index contributed by atoms with van der Waals surface area (Å²) in [6.45, 7) is 1.24. The first kappa shape index (κ1) is 24.6. The van der Waals surface area contributed by atoms with Crippen molar-refractivity contribution < 1.29 is 32.6 Å². The Labute approximate surface area is 202 Å². The van der Waals surface area contributed by atoms with E-state index in [1.54, 1.807) is 12.1 Å². The number of carboxylic acid groups (broad SMARTS) is 1. The molecule has 2 unspecified atom stereocenters. The smallest absolute Gasteiger partial charge is 0.338 e. The first-order valence-corrected chi connectivity index (χ1v) is 13.9. The number of benzene rings is 1. The molecule has 0 saturated carbocycles. The standard InChI is InChI=1S/C23H28N2O7S2/c1-34(29,30)15-7-5-14(6-8-15)12-18(26)24-13-17-21-16(9-11-31-17)20(23(27)28)22(33-21)25-19-4-2-3-10-32-19/h5-8,17,19,25H,2-4,9-13H2,1H3,(H,24,26)(H,27,28). The third-order valence-electron chi connectivity index (χ3n) is 5.89. The molecule has 2 aliphatic rings. The number of carboxylic acids is 1. The van der Waals surface area contributed by atoms with E-state index < -0.39 is 21.9 Å². The molecule has 184 valence electrons. The van der Waals surface area contributed by atoms with Gasteiger partial charge in [0.25, 0.3) is 0 Å². The van der Waals surface area contributed by atoms with Crippen molar-refractivity contribution in [2.24, 2.45) is 0 Å². The Kier molecular flexibility index (Phi) is 7.56. The fourth-order valence-corrected chi connectivity index (χ4v) is 6.12. The molecule has 9 nitrogen and oxygen atoms in total. The summed E-state index contributed by atoms with van der Waals surface area (Å²) in [6, 6.07) is 6.21. The van der Waals surface area contributed by atoms with Crippen molar-refractivity contribution >= 4 is 38.1 Å².